The molecule has 1 aliphatic carbocycles. The molecular weight excluding hydrogens is 216 g/mol. The summed E-state index contributed by atoms with van der Waals surface area (Å²) in [5.41, 5.74) is 2.39. The molecule has 0 N–H and O–H groups in total. The minimum absolute atomic E-state index is 0.272. The van der Waals surface area contributed by atoms with E-state index >= 15 is 0 Å². The molecule has 3 nitrogen and oxygen atoms in total. The smallest absolute Gasteiger partial charge is 0.347 e. The van der Waals surface area contributed by atoms with Gasteiger partial charge in [0.1, 0.15) is 5.75 Å². The molecule has 1 atom stereocenters. The Bertz CT molecular complexity index is 421. The summed E-state index contributed by atoms with van der Waals surface area (Å²) >= 11 is 0. The Labute approximate surface area is 102 Å². The lowest BCUT2D eigenvalue weighted by Gasteiger charge is -2.17. The Morgan fingerprint density at radius 1 is 1.29 bits per heavy atom. The zero-order chi connectivity index (χ0) is 12.4. The van der Waals surface area contributed by atoms with Gasteiger partial charge in [0.05, 0.1) is 7.11 Å². The average Bonchev–Trinajstić information content (AvgIpc) is 3.13. The van der Waals surface area contributed by atoms with E-state index in [9.17, 15) is 4.79 Å². The molecule has 3 heteroatoms. The standard InChI is InChI=1S/C14H18O3/c1-9-4-7-12(8-10(9)2)17-13(11-5-6-11)14(15)16-3/h4,7-8,11,13H,5-6H2,1-3H3. The van der Waals surface area contributed by atoms with E-state index in [1.165, 1.54) is 18.2 Å². The first-order chi connectivity index (χ1) is 8.11. The molecule has 0 radical (unpaired) electrons. The lowest BCUT2D eigenvalue weighted by Crippen LogP contribution is -2.30. The van der Waals surface area contributed by atoms with Crippen LogP contribution in [-0.4, -0.2) is 19.2 Å². The van der Waals surface area contributed by atoms with E-state index in [0.717, 1.165) is 18.6 Å². The monoisotopic (exact) mass is 234 g/mol. The van der Waals surface area contributed by atoms with E-state index in [4.69, 9.17) is 9.47 Å². The molecule has 1 saturated carbocycles. The van der Waals surface area contributed by atoms with E-state index in [0.29, 0.717) is 5.92 Å². The van der Waals surface area contributed by atoms with Gasteiger partial charge in [-0.2, -0.15) is 0 Å². The second-order valence-corrected chi connectivity index (χ2v) is 4.65. The molecule has 0 saturated heterocycles. The summed E-state index contributed by atoms with van der Waals surface area (Å²) in [6.07, 6.45) is 1.65. The zero-order valence-electron chi connectivity index (χ0n) is 10.5. The van der Waals surface area contributed by atoms with Crippen LogP contribution < -0.4 is 4.74 Å². The minimum atomic E-state index is -0.442. The largest absolute Gasteiger partial charge is 0.478 e. The van der Waals surface area contributed by atoms with Crippen molar-refractivity contribution in [2.45, 2.75) is 32.8 Å². The predicted octanol–water partition coefficient (Wildman–Crippen LogP) is 2.63. The number of rotatable bonds is 4. The first kappa shape index (κ1) is 12.0. The van der Waals surface area contributed by atoms with Crippen molar-refractivity contribution in [3.63, 3.8) is 0 Å². The van der Waals surface area contributed by atoms with Crippen molar-refractivity contribution in [3.8, 4) is 5.75 Å². The van der Waals surface area contributed by atoms with Gasteiger partial charge in [-0.25, -0.2) is 4.79 Å². The number of aryl methyl sites for hydroxylation is 2. The van der Waals surface area contributed by atoms with Crippen molar-refractivity contribution in [2.24, 2.45) is 5.92 Å². The molecule has 1 aromatic carbocycles. The molecule has 1 fully saturated rings. The number of esters is 1. The van der Waals surface area contributed by atoms with Crippen LogP contribution in [-0.2, 0) is 9.53 Å². The van der Waals surface area contributed by atoms with Gasteiger partial charge in [-0.15, -0.1) is 0 Å². The van der Waals surface area contributed by atoms with Gasteiger partial charge < -0.3 is 9.47 Å². The summed E-state index contributed by atoms with van der Waals surface area (Å²) in [4.78, 5) is 11.6. The van der Waals surface area contributed by atoms with Gasteiger partial charge in [-0.3, -0.25) is 0 Å². The van der Waals surface area contributed by atoms with E-state index in [1.807, 2.05) is 25.1 Å². The fourth-order valence-corrected chi connectivity index (χ4v) is 1.79. The quantitative estimate of drug-likeness (QED) is 0.751. The van der Waals surface area contributed by atoms with E-state index < -0.39 is 6.10 Å². The van der Waals surface area contributed by atoms with Gasteiger partial charge in [0.25, 0.3) is 0 Å². The maximum Gasteiger partial charge on any atom is 0.347 e. The molecule has 0 aromatic heterocycles. The normalized spacial score (nSPS) is 16.4. The Balaban J connectivity index is 2.11. The highest BCUT2D eigenvalue weighted by Crippen LogP contribution is 2.35. The molecule has 17 heavy (non-hydrogen) atoms. The molecule has 0 aliphatic heterocycles. The highest BCUT2D eigenvalue weighted by Gasteiger charge is 2.39. The van der Waals surface area contributed by atoms with E-state index in [-0.39, 0.29) is 5.97 Å². The van der Waals surface area contributed by atoms with E-state index in [2.05, 4.69) is 6.92 Å². The van der Waals surface area contributed by atoms with Gasteiger partial charge in [0, 0.05) is 5.92 Å². The van der Waals surface area contributed by atoms with Gasteiger partial charge in [0.2, 0.25) is 0 Å². The number of benzene rings is 1. The third kappa shape index (κ3) is 2.78. The van der Waals surface area contributed by atoms with Crippen LogP contribution in [0.5, 0.6) is 5.75 Å². The first-order valence-electron chi connectivity index (χ1n) is 5.93. The van der Waals surface area contributed by atoms with Crippen molar-refractivity contribution in [1.82, 2.24) is 0 Å². The summed E-state index contributed by atoms with van der Waals surface area (Å²) in [7, 11) is 1.40. The summed E-state index contributed by atoms with van der Waals surface area (Å²) in [5.74, 6) is 0.796. The van der Waals surface area contributed by atoms with Crippen molar-refractivity contribution < 1.29 is 14.3 Å². The maximum atomic E-state index is 11.6. The molecule has 0 spiro atoms. The van der Waals surface area contributed by atoms with Crippen LogP contribution in [0.4, 0.5) is 0 Å². The predicted molar refractivity (Wildman–Crippen MR) is 65.1 cm³/mol. The summed E-state index contributed by atoms with van der Waals surface area (Å²) in [6.45, 7) is 4.09. The van der Waals surface area contributed by atoms with Crippen LogP contribution in [0, 0.1) is 19.8 Å². The number of carbonyl (C=O) groups excluding carboxylic acids is 1. The van der Waals surface area contributed by atoms with E-state index in [1.54, 1.807) is 0 Å². The fraction of sp³-hybridized carbons (Fsp3) is 0.500. The Morgan fingerprint density at radius 2 is 2.00 bits per heavy atom. The molecule has 0 amide bonds. The van der Waals surface area contributed by atoms with Crippen LogP contribution in [0.1, 0.15) is 24.0 Å². The van der Waals surface area contributed by atoms with Crippen molar-refractivity contribution in [3.05, 3.63) is 29.3 Å². The van der Waals surface area contributed by atoms with Crippen molar-refractivity contribution >= 4 is 5.97 Å². The third-order valence-corrected chi connectivity index (χ3v) is 3.23. The maximum absolute atomic E-state index is 11.6. The Kier molecular flexibility index (Phi) is 3.36. The van der Waals surface area contributed by atoms with Gasteiger partial charge in [0.15, 0.2) is 6.10 Å². The van der Waals surface area contributed by atoms with Crippen LogP contribution in [0.2, 0.25) is 0 Å². The van der Waals surface area contributed by atoms with Crippen molar-refractivity contribution in [2.75, 3.05) is 7.11 Å². The summed E-state index contributed by atoms with van der Waals surface area (Å²) in [6, 6.07) is 5.88. The second-order valence-electron chi connectivity index (χ2n) is 4.65. The number of hydrogen-bond acceptors (Lipinski definition) is 3. The zero-order valence-corrected chi connectivity index (χ0v) is 10.5. The summed E-state index contributed by atoms with van der Waals surface area (Å²) < 4.78 is 10.5. The molecule has 1 aromatic rings. The van der Waals surface area contributed by atoms with Crippen LogP contribution in [0.3, 0.4) is 0 Å². The third-order valence-electron chi connectivity index (χ3n) is 3.23. The van der Waals surface area contributed by atoms with Crippen LogP contribution >= 0.6 is 0 Å². The number of carbonyl (C=O) groups is 1. The first-order valence-corrected chi connectivity index (χ1v) is 5.93. The Hall–Kier alpha value is -1.51. The number of ether oxygens (including phenoxy) is 2. The highest BCUT2D eigenvalue weighted by atomic mass is 16.6. The fourth-order valence-electron chi connectivity index (χ4n) is 1.79. The molecule has 1 aliphatic rings. The SMILES string of the molecule is COC(=O)C(Oc1ccc(C)c(C)c1)C1CC1. The lowest BCUT2D eigenvalue weighted by atomic mass is 10.1. The van der Waals surface area contributed by atoms with Crippen molar-refractivity contribution in [1.29, 1.82) is 0 Å². The van der Waals surface area contributed by atoms with Crippen LogP contribution in [0.15, 0.2) is 18.2 Å². The second kappa shape index (κ2) is 4.78. The number of hydrogen-bond donors (Lipinski definition) is 0. The molecule has 92 valence electrons. The van der Waals surface area contributed by atoms with Gasteiger partial charge in [-0.05, 0) is 49.9 Å². The molecule has 1 unspecified atom stereocenters. The average molecular weight is 234 g/mol. The molecular formula is C14H18O3. The highest BCUT2D eigenvalue weighted by molar-refractivity contribution is 5.75. The lowest BCUT2D eigenvalue weighted by molar-refractivity contribution is -0.149. The van der Waals surface area contributed by atoms with Gasteiger partial charge in [-0.1, -0.05) is 6.07 Å². The van der Waals surface area contributed by atoms with Crippen LogP contribution in [0.25, 0.3) is 0 Å². The summed E-state index contributed by atoms with van der Waals surface area (Å²) in [5, 5.41) is 0. The molecule has 0 bridgehead atoms. The Morgan fingerprint density at radius 3 is 2.53 bits per heavy atom. The minimum Gasteiger partial charge on any atom is -0.478 e. The topological polar surface area (TPSA) is 35.5 Å². The molecule has 0 heterocycles. The van der Waals surface area contributed by atoms with Gasteiger partial charge >= 0.3 is 5.97 Å². The number of methoxy groups -OCH3 is 1. The molecule has 2 rings (SSSR count).